The highest BCUT2D eigenvalue weighted by molar-refractivity contribution is 5.91. The fourth-order valence-electron chi connectivity index (χ4n) is 5.95. The van der Waals surface area contributed by atoms with E-state index in [1.54, 1.807) is 99.4 Å². The van der Waals surface area contributed by atoms with Crippen molar-refractivity contribution in [3.05, 3.63) is 127 Å². The Morgan fingerprint density at radius 3 is 1.49 bits per heavy atom. The lowest BCUT2D eigenvalue weighted by molar-refractivity contribution is 0.215. The second-order valence-electron chi connectivity index (χ2n) is 13.3. The fourth-order valence-corrected chi connectivity index (χ4v) is 5.95. The van der Waals surface area contributed by atoms with Gasteiger partial charge in [0.15, 0.2) is 28.8 Å². The number of halogens is 2. The maximum absolute atomic E-state index is 14.6. The van der Waals surface area contributed by atoms with Crippen molar-refractivity contribution in [2.24, 2.45) is 0 Å². The molecule has 312 valence electrons. The van der Waals surface area contributed by atoms with Crippen LogP contribution in [0, 0.1) is 11.6 Å². The summed E-state index contributed by atoms with van der Waals surface area (Å²) in [7, 11) is 6.16. The minimum absolute atomic E-state index is 0.0377. The zero-order chi connectivity index (χ0) is 42.9. The number of methoxy groups -OCH3 is 4. The van der Waals surface area contributed by atoms with Crippen LogP contribution in [0.15, 0.2) is 116 Å². The smallest absolute Gasteiger partial charge is 0.417 e. The van der Waals surface area contributed by atoms with Gasteiger partial charge in [0.2, 0.25) is 0 Å². The molecule has 2 heterocycles. The monoisotopic (exact) mass is 831 g/mol. The van der Waals surface area contributed by atoms with Crippen molar-refractivity contribution in [1.29, 1.82) is 0 Å². The number of pyridine rings is 2. The van der Waals surface area contributed by atoms with Crippen LogP contribution in [0.2, 0.25) is 0 Å². The van der Waals surface area contributed by atoms with Gasteiger partial charge in [-0.05, 0) is 73.5 Å². The van der Waals surface area contributed by atoms with Crippen molar-refractivity contribution < 1.29 is 51.5 Å². The van der Waals surface area contributed by atoms with E-state index in [0.29, 0.717) is 62.1 Å². The van der Waals surface area contributed by atoms with Gasteiger partial charge in [-0.15, -0.1) is 0 Å². The molecule has 0 atom stereocenters. The van der Waals surface area contributed by atoms with Gasteiger partial charge in [-0.25, -0.2) is 18.4 Å². The summed E-state index contributed by atoms with van der Waals surface area (Å²) in [5.74, 6) is 2.69. The first kappa shape index (κ1) is 41.3. The van der Waals surface area contributed by atoms with Gasteiger partial charge in [-0.3, -0.25) is 15.3 Å². The van der Waals surface area contributed by atoms with Crippen LogP contribution in [0.3, 0.4) is 0 Å². The van der Waals surface area contributed by atoms with Crippen molar-refractivity contribution in [2.75, 3.05) is 39.1 Å². The first-order chi connectivity index (χ1) is 29.6. The number of anilines is 2. The minimum atomic E-state index is -0.801. The van der Waals surface area contributed by atoms with E-state index in [4.69, 9.17) is 33.2 Å². The van der Waals surface area contributed by atoms with Crippen molar-refractivity contribution in [3.63, 3.8) is 0 Å². The zero-order valence-electron chi connectivity index (χ0n) is 33.3. The maximum atomic E-state index is 14.6. The number of carbonyl (C=O) groups is 2. The molecule has 1 saturated carbocycles. The maximum Gasteiger partial charge on any atom is 0.417 e. The van der Waals surface area contributed by atoms with Crippen LogP contribution < -0.4 is 49.1 Å². The number of urea groups is 1. The molecule has 0 saturated heterocycles. The topological polar surface area (TPSA) is 161 Å². The molecule has 3 N–H and O–H groups in total. The predicted octanol–water partition coefficient (Wildman–Crippen LogP) is 10.3. The van der Waals surface area contributed by atoms with Crippen LogP contribution in [-0.4, -0.2) is 56.6 Å². The summed E-state index contributed by atoms with van der Waals surface area (Å²) in [4.78, 5) is 32.4. The van der Waals surface area contributed by atoms with E-state index in [2.05, 4.69) is 25.9 Å². The molecule has 5 aromatic carbocycles. The minimum Gasteiger partial charge on any atom is -0.493 e. The van der Waals surface area contributed by atoms with Crippen molar-refractivity contribution in [3.8, 4) is 51.7 Å². The average molecular weight is 832 g/mol. The predicted molar refractivity (Wildman–Crippen MR) is 224 cm³/mol. The Kier molecular flexibility index (Phi) is 12.7. The van der Waals surface area contributed by atoms with E-state index in [0.717, 1.165) is 12.8 Å². The molecular formula is C45H39F2N5O9. The van der Waals surface area contributed by atoms with E-state index in [1.165, 1.54) is 44.6 Å². The Balaban J connectivity index is 0.000000185. The van der Waals surface area contributed by atoms with Crippen LogP contribution in [0.4, 0.5) is 29.7 Å². The van der Waals surface area contributed by atoms with Gasteiger partial charge < -0.3 is 43.8 Å². The number of nitrogens with one attached hydrogen (secondary N) is 3. The Labute approximate surface area is 348 Å². The summed E-state index contributed by atoms with van der Waals surface area (Å²) in [6.07, 6.45) is 4.29. The molecular weight excluding hydrogens is 793 g/mol. The first-order valence-corrected chi connectivity index (χ1v) is 18.7. The molecule has 3 amide bonds. The number of carbonyl (C=O) groups excluding carboxylic acids is 2. The SMILES string of the molecule is COc1cc2nccc(Oc3ccc(NC(=O)NC4CC4)c(F)c3)c2cc1OC.COc1cc2nccc(Oc3ccc(NC(=O)Oc4ccccc4)c(F)c3)c2cc1OC. The van der Waals surface area contributed by atoms with Gasteiger partial charge in [0.05, 0.1) is 50.8 Å². The highest BCUT2D eigenvalue weighted by Gasteiger charge is 2.24. The Morgan fingerprint density at radius 2 is 1.03 bits per heavy atom. The standard InChI is InChI=1S/C24H19FN2O5.C21H20FN3O4/c1-29-22-13-17-20(14-23(22)30-2)26-11-10-21(17)31-16-8-9-19(18(25)12-16)27-24(28)32-15-6-4-3-5-7-15;1-27-19-10-14-17(11-20(19)28-2)23-8-7-18(14)29-13-5-6-16(15(22)9-13)25-21(26)24-12-3-4-12/h3-14H,1-2H3,(H,27,28);5-12H,3-4H2,1-2H3,(H2,24,25,26). The molecule has 16 heteroatoms. The van der Waals surface area contributed by atoms with Crippen LogP contribution in [0.5, 0.6) is 51.7 Å². The number of hydrogen-bond acceptors (Lipinski definition) is 11. The number of benzene rings is 5. The van der Waals surface area contributed by atoms with Crippen LogP contribution in [-0.2, 0) is 0 Å². The molecule has 61 heavy (non-hydrogen) atoms. The number of rotatable bonds is 12. The fraction of sp³-hybridized carbons (Fsp3) is 0.156. The second-order valence-corrected chi connectivity index (χ2v) is 13.3. The number of para-hydroxylation sites is 1. The molecule has 1 aliphatic rings. The van der Waals surface area contributed by atoms with Crippen molar-refractivity contribution >= 4 is 45.3 Å². The number of ether oxygens (including phenoxy) is 7. The Hall–Kier alpha value is -7.88. The molecule has 14 nitrogen and oxygen atoms in total. The summed E-state index contributed by atoms with van der Waals surface area (Å²) in [6, 6.07) is 26.9. The highest BCUT2D eigenvalue weighted by atomic mass is 19.1. The van der Waals surface area contributed by atoms with Crippen molar-refractivity contribution in [1.82, 2.24) is 15.3 Å². The molecule has 0 unspecified atom stereocenters. The molecule has 7 aromatic rings. The summed E-state index contributed by atoms with van der Waals surface area (Å²) in [5.41, 5.74) is 1.32. The van der Waals surface area contributed by atoms with Gasteiger partial charge in [-0.2, -0.15) is 0 Å². The average Bonchev–Trinajstić information content (AvgIpc) is 4.09. The molecule has 1 fully saturated rings. The summed E-state index contributed by atoms with van der Waals surface area (Å²) >= 11 is 0. The number of hydrogen-bond donors (Lipinski definition) is 3. The zero-order valence-corrected chi connectivity index (χ0v) is 33.3. The quantitative estimate of drug-likeness (QED) is 0.107. The molecule has 0 radical (unpaired) electrons. The first-order valence-electron chi connectivity index (χ1n) is 18.7. The van der Waals surface area contributed by atoms with Crippen LogP contribution in [0.1, 0.15) is 12.8 Å². The summed E-state index contributed by atoms with van der Waals surface area (Å²) in [5, 5.41) is 8.99. The van der Waals surface area contributed by atoms with Gasteiger partial charge in [-0.1, -0.05) is 18.2 Å². The summed E-state index contributed by atoms with van der Waals surface area (Å²) < 4.78 is 67.2. The number of amides is 3. The molecule has 2 aromatic heterocycles. The van der Waals surface area contributed by atoms with Gasteiger partial charge >= 0.3 is 12.1 Å². The van der Waals surface area contributed by atoms with Crippen molar-refractivity contribution in [2.45, 2.75) is 18.9 Å². The largest absolute Gasteiger partial charge is 0.493 e. The van der Waals surface area contributed by atoms with E-state index in [9.17, 15) is 18.4 Å². The second kappa shape index (κ2) is 18.8. The molecule has 1 aliphatic carbocycles. The Bertz CT molecular complexity index is 2700. The molecule has 0 spiro atoms. The molecule has 0 bridgehead atoms. The summed E-state index contributed by atoms with van der Waals surface area (Å²) in [6.45, 7) is 0. The third kappa shape index (κ3) is 10.2. The Morgan fingerprint density at radius 1 is 0.557 bits per heavy atom. The van der Waals surface area contributed by atoms with E-state index < -0.39 is 23.8 Å². The van der Waals surface area contributed by atoms with Gasteiger partial charge in [0.25, 0.3) is 0 Å². The lowest BCUT2D eigenvalue weighted by atomic mass is 10.2. The number of fused-ring (bicyclic) bond motifs is 2. The van der Waals surface area contributed by atoms with Crippen LogP contribution in [0.25, 0.3) is 21.8 Å². The molecule has 8 rings (SSSR count). The van der Waals surface area contributed by atoms with E-state index in [1.807, 2.05) is 0 Å². The van der Waals surface area contributed by atoms with Gasteiger partial charge in [0.1, 0.15) is 34.6 Å². The highest BCUT2D eigenvalue weighted by Crippen LogP contribution is 2.39. The lowest BCUT2D eigenvalue weighted by Crippen LogP contribution is -2.30. The number of aromatic nitrogens is 2. The molecule has 0 aliphatic heterocycles. The van der Waals surface area contributed by atoms with E-state index >= 15 is 0 Å². The third-order valence-electron chi connectivity index (χ3n) is 9.10. The van der Waals surface area contributed by atoms with Gasteiger partial charge in [0, 0.05) is 53.5 Å². The van der Waals surface area contributed by atoms with E-state index in [-0.39, 0.29) is 28.9 Å². The lowest BCUT2D eigenvalue weighted by Gasteiger charge is -2.13. The van der Waals surface area contributed by atoms with Crippen LogP contribution >= 0.6 is 0 Å². The number of nitrogens with zero attached hydrogens (tertiary/aromatic N) is 2. The third-order valence-corrected chi connectivity index (χ3v) is 9.10. The normalized spacial score (nSPS) is 11.7.